The number of anilines is 1. The zero-order chi connectivity index (χ0) is 10.7. The zero-order valence-corrected chi connectivity index (χ0v) is 8.74. The minimum absolute atomic E-state index is 0.495. The molecule has 2 rings (SSSR count). The van der Waals surface area contributed by atoms with Gasteiger partial charge in [-0.25, -0.2) is 0 Å². The summed E-state index contributed by atoms with van der Waals surface area (Å²) in [5, 5.41) is 9.08. The molecule has 0 radical (unpaired) electrons. The predicted molar refractivity (Wildman–Crippen MR) is 60.5 cm³/mol. The van der Waals surface area contributed by atoms with Crippen molar-refractivity contribution in [1.82, 2.24) is 0 Å². The van der Waals surface area contributed by atoms with Crippen molar-refractivity contribution in [2.75, 3.05) is 18.0 Å². The van der Waals surface area contributed by atoms with Crippen LogP contribution in [0.15, 0.2) is 18.2 Å². The Hall–Kier alpha value is -1.53. The summed E-state index contributed by atoms with van der Waals surface area (Å²) in [4.78, 5) is 2.28. The van der Waals surface area contributed by atoms with E-state index in [2.05, 4.69) is 11.0 Å². The quantitative estimate of drug-likeness (QED) is 0.791. The van der Waals surface area contributed by atoms with Crippen molar-refractivity contribution < 1.29 is 0 Å². The van der Waals surface area contributed by atoms with Crippen LogP contribution in [0.1, 0.15) is 24.0 Å². The molecule has 78 valence electrons. The van der Waals surface area contributed by atoms with Crippen molar-refractivity contribution in [2.24, 2.45) is 5.73 Å². The second-order valence-corrected chi connectivity index (χ2v) is 3.86. The van der Waals surface area contributed by atoms with Gasteiger partial charge in [0.05, 0.1) is 11.3 Å². The molecule has 1 aliphatic rings. The van der Waals surface area contributed by atoms with Crippen LogP contribution in [0.3, 0.4) is 0 Å². The molecule has 1 aromatic carbocycles. The Morgan fingerprint density at radius 1 is 1.33 bits per heavy atom. The Kier molecular flexibility index (Phi) is 2.89. The van der Waals surface area contributed by atoms with Crippen molar-refractivity contribution in [3.8, 4) is 6.07 Å². The van der Waals surface area contributed by atoms with E-state index in [4.69, 9.17) is 11.0 Å². The number of nitrogens with zero attached hydrogens (tertiary/aromatic N) is 2. The highest BCUT2D eigenvalue weighted by molar-refractivity contribution is 5.60. The Morgan fingerprint density at radius 2 is 2.07 bits per heavy atom. The highest BCUT2D eigenvalue weighted by Gasteiger charge is 2.15. The molecule has 1 fully saturated rings. The van der Waals surface area contributed by atoms with Gasteiger partial charge in [0.1, 0.15) is 6.07 Å². The molecule has 0 bridgehead atoms. The van der Waals surface area contributed by atoms with Crippen molar-refractivity contribution in [1.29, 1.82) is 5.26 Å². The smallest absolute Gasteiger partial charge is 0.101 e. The van der Waals surface area contributed by atoms with Gasteiger partial charge < -0.3 is 10.6 Å². The van der Waals surface area contributed by atoms with Gasteiger partial charge in [0.2, 0.25) is 0 Å². The molecule has 0 spiro atoms. The molecular weight excluding hydrogens is 186 g/mol. The Labute approximate surface area is 90.1 Å². The molecule has 1 aromatic rings. The van der Waals surface area contributed by atoms with Gasteiger partial charge in [-0.1, -0.05) is 6.07 Å². The molecule has 0 amide bonds. The molecule has 1 saturated heterocycles. The fourth-order valence-corrected chi connectivity index (χ4v) is 2.03. The topological polar surface area (TPSA) is 53.1 Å². The van der Waals surface area contributed by atoms with E-state index in [0.29, 0.717) is 6.54 Å². The van der Waals surface area contributed by atoms with Crippen LogP contribution in [-0.4, -0.2) is 13.1 Å². The maximum Gasteiger partial charge on any atom is 0.101 e. The molecule has 0 saturated carbocycles. The van der Waals surface area contributed by atoms with Gasteiger partial charge in [-0.2, -0.15) is 5.26 Å². The molecule has 0 unspecified atom stereocenters. The van der Waals surface area contributed by atoms with E-state index in [-0.39, 0.29) is 0 Å². The fourth-order valence-electron chi connectivity index (χ4n) is 2.03. The van der Waals surface area contributed by atoms with Crippen LogP contribution in [0.2, 0.25) is 0 Å². The van der Waals surface area contributed by atoms with Crippen molar-refractivity contribution in [2.45, 2.75) is 19.4 Å². The first-order chi connectivity index (χ1) is 7.35. The van der Waals surface area contributed by atoms with Gasteiger partial charge in [0.25, 0.3) is 0 Å². The van der Waals surface area contributed by atoms with Crippen LogP contribution >= 0.6 is 0 Å². The minimum Gasteiger partial charge on any atom is -0.370 e. The molecule has 1 heterocycles. The average molecular weight is 201 g/mol. The number of benzene rings is 1. The Balaban J connectivity index is 2.34. The van der Waals surface area contributed by atoms with Gasteiger partial charge in [0, 0.05) is 19.6 Å². The third kappa shape index (κ3) is 1.95. The summed E-state index contributed by atoms with van der Waals surface area (Å²) < 4.78 is 0. The van der Waals surface area contributed by atoms with Crippen molar-refractivity contribution in [3.05, 3.63) is 29.3 Å². The van der Waals surface area contributed by atoms with E-state index in [1.54, 1.807) is 0 Å². The number of nitriles is 1. The number of hydrogen-bond donors (Lipinski definition) is 1. The average Bonchev–Trinajstić information content (AvgIpc) is 2.81. The first-order valence-electron chi connectivity index (χ1n) is 5.33. The molecule has 0 aliphatic carbocycles. The van der Waals surface area contributed by atoms with E-state index in [9.17, 15) is 0 Å². The molecule has 15 heavy (non-hydrogen) atoms. The molecule has 3 nitrogen and oxygen atoms in total. The van der Waals surface area contributed by atoms with E-state index in [1.165, 1.54) is 12.8 Å². The first kappa shape index (κ1) is 10.0. The molecule has 0 atom stereocenters. The SMILES string of the molecule is N#Cc1cc(CN)ccc1N1CCCC1. The van der Waals surface area contributed by atoms with Crippen molar-refractivity contribution >= 4 is 5.69 Å². The summed E-state index contributed by atoms with van der Waals surface area (Å²) in [5.74, 6) is 0. The monoisotopic (exact) mass is 201 g/mol. The third-order valence-electron chi connectivity index (χ3n) is 2.86. The summed E-state index contributed by atoms with van der Waals surface area (Å²) in [5.41, 5.74) is 8.39. The fraction of sp³-hybridized carbons (Fsp3) is 0.417. The lowest BCUT2D eigenvalue weighted by atomic mass is 10.1. The van der Waals surface area contributed by atoms with Crippen LogP contribution in [-0.2, 0) is 6.54 Å². The van der Waals surface area contributed by atoms with E-state index in [1.807, 2.05) is 18.2 Å². The van der Waals surface area contributed by atoms with Gasteiger partial charge in [-0.05, 0) is 30.5 Å². The largest absolute Gasteiger partial charge is 0.370 e. The maximum atomic E-state index is 9.08. The van der Waals surface area contributed by atoms with Crippen LogP contribution in [0.25, 0.3) is 0 Å². The summed E-state index contributed by atoms with van der Waals surface area (Å²) in [6.07, 6.45) is 2.45. The van der Waals surface area contributed by atoms with E-state index < -0.39 is 0 Å². The summed E-state index contributed by atoms with van der Waals surface area (Å²) in [6.45, 7) is 2.63. The van der Waals surface area contributed by atoms with E-state index in [0.717, 1.165) is 29.9 Å². The standard InChI is InChI=1S/C12H15N3/c13-8-10-3-4-12(11(7-10)9-14)15-5-1-2-6-15/h3-4,7H,1-2,5-6,8,13H2. The molecule has 2 N–H and O–H groups in total. The summed E-state index contributed by atoms with van der Waals surface area (Å²) >= 11 is 0. The lowest BCUT2D eigenvalue weighted by molar-refractivity contribution is 0.949. The van der Waals surface area contributed by atoms with Gasteiger partial charge in [-0.3, -0.25) is 0 Å². The summed E-state index contributed by atoms with van der Waals surface area (Å²) in [7, 11) is 0. The van der Waals surface area contributed by atoms with Crippen LogP contribution in [0.5, 0.6) is 0 Å². The van der Waals surface area contributed by atoms with Gasteiger partial charge in [-0.15, -0.1) is 0 Å². The number of rotatable bonds is 2. The minimum atomic E-state index is 0.495. The van der Waals surface area contributed by atoms with Crippen molar-refractivity contribution in [3.63, 3.8) is 0 Å². The highest BCUT2D eigenvalue weighted by atomic mass is 15.1. The second-order valence-electron chi connectivity index (χ2n) is 3.86. The molecule has 1 aliphatic heterocycles. The molecule has 0 aromatic heterocycles. The highest BCUT2D eigenvalue weighted by Crippen LogP contribution is 2.24. The predicted octanol–water partition coefficient (Wildman–Crippen LogP) is 1.62. The van der Waals surface area contributed by atoms with Crippen LogP contribution in [0, 0.1) is 11.3 Å². The molecular formula is C12H15N3. The molecule has 3 heteroatoms. The van der Waals surface area contributed by atoms with E-state index >= 15 is 0 Å². The third-order valence-corrected chi connectivity index (χ3v) is 2.86. The lowest BCUT2D eigenvalue weighted by Gasteiger charge is -2.19. The van der Waals surface area contributed by atoms with Crippen LogP contribution < -0.4 is 10.6 Å². The normalized spacial score (nSPS) is 15.3. The Morgan fingerprint density at radius 3 is 2.67 bits per heavy atom. The second kappa shape index (κ2) is 4.33. The number of hydrogen-bond acceptors (Lipinski definition) is 3. The van der Waals surface area contributed by atoms with Crippen LogP contribution in [0.4, 0.5) is 5.69 Å². The summed E-state index contributed by atoms with van der Waals surface area (Å²) in [6, 6.07) is 8.17. The first-order valence-corrected chi connectivity index (χ1v) is 5.33. The lowest BCUT2D eigenvalue weighted by Crippen LogP contribution is -2.18. The Bertz CT molecular complexity index is 386. The van der Waals surface area contributed by atoms with Gasteiger partial charge >= 0.3 is 0 Å². The number of nitrogens with two attached hydrogens (primary N) is 1. The van der Waals surface area contributed by atoms with Gasteiger partial charge in [0.15, 0.2) is 0 Å². The zero-order valence-electron chi connectivity index (χ0n) is 8.74. The maximum absolute atomic E-state index is 9.08.